The quantitative estimate of drug-likeness (QED) is 0.836. The van der Waals surface area contributed by atoms with Crippen LogP contribution in [-0.4, -0.2) is 29.9 Å². The molecule has 3 nitrogen and oxygen atoms in total. The minimum Gasteiger partial charge on any atom is -0.336 e. The molecule has 1 fully saturated rings. The number of amides is 1. The number of nitrogens with zero attached hydrogens (tertiary/aromatic N) is 1. The molecule has 0 saturated carbocycles. The summed E-state index contributed by atoms with van der Waals surface area (Å²) in [6.07, 6.45) is 2.10. The molecule has 0 aromatic heterocycles. The van der Waals surface area contributed by atoms with Gasteiger partial charge in [0, 0.05) is 18.5 Å². The first-order valence-electron chi connectivity index (χ1n) is 7.18. The van der Waals surface area contributed by atoms with Crippen LogP contribution in [0, 0.1) is 0 Å². The average Bonchev–Trinajstić information content (AvgIpc) is 2.91. The largest absolute Gasteiger partial charge is 0.336 e. The van der Waals surface area contributed by atoms with Crippen molar-refractivity contribution in [1.29, 1.82) is 0 Å². The Bertz CT molecular complexity index is 489. The number of hydrogen-bond donors (Lipinski definition) is 1. The van der Waals surface area contributed by atoms with Gasteiger partial charge >= 0.3 is 0 Å². The van der Waals surface area contributed by atoms with Crippen molar-refractivity contribution < 1.29 is 4.79 Å². The van der Waals surface area contributed by atoms with Crippen LogP contribution in [0.2, 0.25) is 0 Å². The molecular weight excluding hydrogens is 236 g/mol. The summed E-state index contributed by atoms with van der Waals surface area (Å²) in [7, 11) is 0. The molecule has 2 aliphatic rings. The van der Waals surface area contributed by atoms with Gasteiger partial charge in [-0.3, -0.25) is 4.79 Å². The number of benzene rings is 1. The molecule has 2 heterocycles. The van der Waals surface area contributed by atoms with Crippen LogP contribution in [0.5, 0.6) is 0 Å². The summed E-state index contributed by atoms with van der Waals surface area (Å²) in [6.45, 7) is 7.02. The van der Waals surface area contributed by atoms with E-state index in [1.807, 2.05) is 4.90 Å². The molecule has 1 saturated heterocycles. The fourth-order valence-electron chi connectivity index (χ4n) is 3.41. The maximum atomic E-state index is 12.6. The monoisotopic (exact) mass is 258 g/mol. The first kappa shape index (κ1) is 12.7. The summed E-state index contributed by atoms with van der Waals surface area (Å²) in [6, 6.07) is 8.55. The predicted molar refractivity (Wildman–Crippen MR) is 75.9 cm³/mol. The van der Waals surface area contributed by atoms with Gasteiger partial charge in [0.2, 0.25) is 5.91 Å². The minimum atomic E-state index is 0.0427. The summed E-state index contributed by atoms with van der Waals surface area (Å²) >= 11 is 0. The molecule has 1 amide bonds. The Balaban J connectivity index is 1.85. The van der Waals surface area contributed by atoms with Gasteiger partial charge in [0.1, 0.15) is 0 Å². The molecule has 0 radical (unpaired) electrons. The Morgan fingerprint density at radius 3 is 2.89 bits per heavy atom. The number of rotatable bonds is 1. The maximum Gasteiger partial charge on any atom is 0.240 e. The zero-order valence-corrected chi connectivity index (χ0v) is 11.8. The number of fused-ring (bicyclic) bond motifs is 1. The van der Waals surface area contributed by atoms with Gasteiger partial charge in [0.25, 0.3) is 0 Å². The standard InChI is InChI=1S/C16H22N2O/c1-16(2)11-18(15(19)14-8-5-9-17-14)10-12-6-3-4-7-13(12)16/h3-4,6-7,14,17H,5,8-11H2,1-2H3. The molecular formula is C16H22N2O. The molecule has 0 aliphatic carbocycles. The number of carbonyl (C=O) groups excluding carboxylic acids is 1. The summed E-state index contributed by atoms with van der Waals surface area (Å²) < 4.78 is 0. The lowest BCUT2D eigenvalue weighted by atomic mass is 9.78. The van der Waals surface area contributed by atoms with Crippen molar-refractivity contribution in [2.75, 3.05) is 13.1 Å². The fourth-order valence-corrected chi connectivity index (χ4v) is 3.41. The van der Waals surface area contributed by atoms with Gasteiger partial charge in [0.15, 0.2) is 0 Å². The normalized spacial score (nSPS) is 25.2. The Hall–Kier alpha value is -1.35. The Labute approximate surface area is 115 Å². The zero-order valence-electron chi connectivity index (χ0n) is 11.8. The van der Waals surface area contributed by atoms with E-state index in [1.54, 1.807) is 0 Å². The van der Waals surface area contributed by atoms with E-state index in [0.717, 1.165) is 32.5 Å². The molecule has 1 aromatic carbocycles. The zero-order chi connectivity index (χ0) is 13.5. The van der Waals surface area contributed by atoms with E-state index in [4.69, 9.17) is 0 Å². The molecule has 102 valence electrons. The van der Waals surface area contributed by atoms with Gasteiger partial charge in [-0.15, -0.1) is 0 Å². The van der Waals surface area contributed by atoms with Crippen LogP contribution in [0.25, 0.3) is 0 Å². The number of nitrogens with one attached hydrogen (secondary N) is 1. The summed E-state index contributed by atoms with van der Waals surface area (Å²) in [5.74, 6) is 0.278. The van der Waals surface area contributed by atoms with E-state index < -0.39 is 0 Å². The highest BCUT2D eigenvalue weighted by Gasteiger charge is 2.36. The molecule has 3 heteroatoms. The van der Waals surface area contributed by atoms with Crippen molar-refractivity contribution in [1.82, 2.24) is 10.2 Å². The van der Waals surface area contributed by atoms with Crippen molar-refractivity contribution >= 4 is 5.91 Å². The first-order valence-corrected chi connectivity index (χ1v) is 7.18. The van der Waals surface area contributed by atoms with E-state index in [2.05, 4.69) is 43.4 Å². The van der Waals surface area contributed by atoms with E-state index >= 15 is 0 Å². The van der Waals surface area contributed by atoms with Gasteiger partial charge in [-0.2, -0.15) is 0 Å². The molecule has 19 heavy (non-hydrogen) atoms. The van der Waals surface area contributed by atoms with Crippen LogP contribution in [0.15, 0.2) is 24.3 Å². The molecule has 3 rings (SSSR count). The third kappa shape index (κ3) is 2.27. The molecule has 0 spiro atoms. The van der Waals surface area contributed by atoms with E-state index in [1.165, 1.54) is 11.1 Å². The van der Waals surface area contributed by atoms with Crippen molar-refractivity contribution in [2.24, 2.45) is 0 Å². The molecule has 1 atom stereocenters. The molecule has 2 aliphatic heterocycles. The number of hydrogen-bond acceptors (Lipinski definition) is 2. The Morgan fingerprint density at radius 2 is 2.16 bits per heavy atom. The smallest absolute Gasteiger partial charge is 0.240 e. The summed E-state index contributed by atoms with van der Waals surface area (Å²) in [4.78, 5) is 14.6. The SMILES string of the molecule is CC1(C)CN(C(=O)C2CCCN2)Cc2ccccc21. The van der Waals surface area contributed by atoms with Crippen molar-refractivity contribution in [3.63, 3.8) is 0 Å². The van der Waals surface area contributed by atoms with Crippen LogP contribution in [-0.2, 0) is 16.8 Å². The van der Waals surface area contributed by atoms with Crippen LogP contribution in [0.3, 0.4) is 0 Å². The predicted octanol–water partition coefficient (Wildman–Crippen LogP) is 2.06. The van der Waals surface area contributed by atoms with Gasteiger partial charge in [-0.1, -0.05) is 38.1 Å². The van der Waals surface area contributed by atoms with Gasteiger partial charge < -0.3 is 10.2 Å². The Kier molecular flexibility index (Phi) is 3.09. The second-order valence-corrected chi connectivity index (χ2v) is 6.38. The van der Waals surface area contributed by atoms with Gasteiger partial charge in [-0.25, -0.2) is 0 Å². The molecule has 0 bridgehead atoms. The van der Waals surface area contributed by atoms with Crippen LogP contribution in [0.4, 0.5) is 0 Å². The maximum absolute atomic E-state index is 12.6. The molecule has 1 aromatic rings. The van der Waals surface area contributed by atoms with Crippen LogP contribution >= 0.6 is 0 Å². The molecule has 1 N–H and O–H groups in total. The summed E-state index contributed by atoms with van der Waals surface area (Å²) in [5, 5.41) is 3.31. The lowest BCUT2D eigenvalue weighted by Gasteiger charge is -2.40. The lowest BCUT2D eigenvalue weighted by Crippen LogP contribution is -2.50. The topological polar surface area (TPSA) is 32.3 Å². The van der Waals surface area contributed by atoms with E-state index in [-0.39, 0.29) is 17.4 Å². The highest BCUT2D eigenvalue weighted by atomic mass is 16.2. The fraction of sp³-hybridized carbons (Fsp3) is 0.562. The van der Waals surface area contributed by atoms with Gasteiger partial charge in [0.05, 0.1) is 6.04 Å². The first-order chi connectivity index (χ1) is 9.08. The van der Waals surface area contributed by atoms with Crippen molar-refractivity contribution in [3.8, 4) is 0 Å². The molecule has 1 unspecified atom stereocenters. The van der Waals surface area contributed by atoms with Crippen molar-refractivity contribution in [3.05, 3.63) is 35.4 Å². The Morgan fingerprint density at radius 1 is 1.37 bits per heavy atom. The highest BCUT2D eigenvalue weighted by Crippen LogP contribution is 2.33. The van der Waals surface area contributed by atoms with E-state index in [9.17, 15) is 4.79 Å². The van der Waals surface area contributed by atoms with Gasteiger partial charge in [-0.05, 0) is 30.5 Å². The van der Waals surface area contributed by atoms with Crippen LogP contribution < -0.4 is 5.32 Å². The average molecular weight is 258 g/mol. The second kappa shape index (κ2) is 4.64. The minimum absolute atomic E-state index is 0.0427. The lowest BCUT2D eigenvalue weighted by molar-refractivity contribution is -0.135. The number of carbonyl (C=O) groups is 1. The highest BCUT2D eigenvalue weighted by molar-refractivity contribution is 5.82. The van der Waals surface area contributed by atoms with E-state index in [0.29, 0.717) is 0 Å². The second-order valence-electron chi connectivity index (χ2n) is 6.38. The third-order valence-electron chi connectivity index (χ3n) is 4.36. The van der Waals surface area contributed by atoms with Crippen molar-refractivity contribution in [2.45, 2.75) is 44.7 Å². The third-order valence-corrected chi connectivity index (χ3v) is 4.36. The summed E-state index contributed by atoms with van der Waals surface area (Å²) in [5.41, 5.74) is 2.73. The van der Waals surface area contributed by atoms with Crippen LogP contribution in [0.1, 0.15) is 37.8 Å².